The average molecular weight is 694 g/mol. The lowest BCUT2D eigenvalue weighted by molar-refractivity contribution is 0.0180. The molecule has 8 rings (SSSR count). The molecule has 0 amide bonds. The summed E-state index contributed by atoms with van der Waals surface area (Å²) >= 11 is 0. The number of phenols is 2. The van der Waals surface area contributed by atoms with E-state index in [-0.39, 0.29) is 55.7 Å². The van der Waals surface area contributed by atoms with Gasteiger partial charge in [0.2, 0.25) is 0 Å². The van der Waals surface area contributed by atoms with Crippen LogP contribution >= 0.6 is 0 Å². The lowest BCUT2D eigenvalue weighted by Gasteiger charge is -2.40. The van der Waals surface area contributed by atoms with Gasteiger partial charge in [0.05, 0.1) is 19.3 Å². The van der Waals surface area contributed by atoms with E-state index in [1.807, 2.05) is 18.3 Å². The summed E-state index contributed by atoms with van der Waals surface area (Å²) in [6.45, 7) is -0.429. The SMILES string of the molecule is OCCCc1cc([C@H]2Oc3c(c4c(c5c3CC[C@H](CO)O5)-c3ccc(O)cc3[C@@H](Cc3ccc5[nH]ccc5c3)C4)C[C@H]2O)cc(OCCO)c1O. The number of fused-ring (bicyclic) bond motifs is 9. The van der Waals surface area contributed by atoms with Gasteiger partial charge in [-0.2, -0.15) is 0 Å². The average Bonchev–Trinajstić information content (AvgIpc) is 3.61. The number of aromatic amines is 1. The molecule has 5 aromatic rings. The van der Waals surface area contributed by atoms with Gasteiger partial charge in [-0.3, -0.25) is 0 Å². The zero-order chi connectivity index (χ0) is 35.2. The minimum Gasteiger partial charge on any atom is -0.508 e. The molecule has 1 aliphatic carbocycles. The Hall–Kier alpha value is -4.74. The van der Waals surface area contributed by atoms with Crippen molar-refractivity contribution in [2.24, 2.45) is 0 Å². The van der Waals surface area contributed by atoms with Crippen LogP contribution < -0.4 is 14.2 Å². The summed E-state index contributed by atoms with van der Waals surface area (Å²) in [6, 6.07) is 17.4. The van der Waals surface area contributed by atoms with Gasteiger partial charge in [0, 0.05) is 41.4 Å². The molecule has 0 saturated heterocycles. The Balaban J connectivity index is 1.25. The lowest BCUT2D eigenvalue weighted by atomic mass is 9.72. The number of rotatable bonds is 10. The fourth-order valence-electron chi connectivity index (χ4n) is 8.31. The Morgan fingerprint density at radius 3 is 2.57 bits per heavy atom. The lowest BCUT2D eigenvalue weighted by Crippen LogP contribution is -2.34. The number of aryl methyl sites for hydroxylation is 1. The fourth-order valence-corrected chi connectivity index (χ4v) is 8.31. The minimum atomic E-state index is -0.939. The van der Waals surface area contributed by atoms with Crippen molar-refractivity contribution in [1.29, 1.82) is 0 Å². The first-order valence-corrected chi connectivity index (χ1v) is 17.8. The van der Waals surface area contributed by atoms with Crippen molar-refractivity contribution in [2.45, 2.75) is 69.2 Å². The van der Waals surface area contributed by atoms with Gasteiger partial charge in [0.25, 0.3) is 0 Å². The number of aliphatic hydroxyl groups is 4. The van der Waals surface area contributed by atoms with Crippen LogP contribution in [0.3, 0.4) is 0 Å². The summed E-state index contributed by atoms with van der Waals surface area (Å²) in [4.78, 5) is 3.26. The largest absolute Gasteiger partial charge is 0.508 e. The number of hydrogen-bond acceptors (Lipinski definition) is 9. The predicted octanol–water partition coefficient (Wildman–Crippen LogP) is 5.15. The summed E-state index contributed by atoms with van der Waals surface area (Å²) in [6.07, 6.45) is 3.51. The van der Waals surface area contributed by atoms with E-state index in [1.54, 1.807) is 18.2 Å². The first kappa shape index (κ1) is 33.4. The van der Waals surface area contributed by atoms with Crippen LogP contribution in [0.1, 0.15) is 63.8 Å². The third-order valence-corrected chi connectivity index (χ3v) is 10.7. The highest BCUT2D eigenvalue weighted by Gasteiger charge is 2.41. The highest BCUT2D eigenvalue weighted by atomic mass is 16.5. The molecule has 0 bridgehead atoms. The Morgan fingerprint density at radius 2 is 1.75 bits per heavy atom. The van der Waals surface area contributed by atoms with Crippen molar-refractivity contribution < 1.29 is 44.8 Å². The van der Waals surface area contributed by atoms with E-state index >= 15 is 0 Å². The molecule has 4 atom stereocenters. The van der Waals surface area contributed by atoms with E-state index in [4.69, 9.17) is 14.2 Å². The molecular weight excluding hydrogens is 650 g/mol. The maximum atomic E-state index is 11.9. The summed E-state index contributed by atoms with van der Waals surface area (Å²) in [5, 5.41) is 63.7. The van der Waals surface area contributed by atoms with E-state index < -0.39 is 12.2 Å². The minimum absolute atomic E-state index is 0.0163. The standard InChI is InChI=1S/C41H43NO9/c43-11-1-2-24-16-26(18-36(38(24)48)49-13-12-44)39-35(47)20-33-32-17-25(15-22-3-8-34-23(14-22)9-10-42-34)31-19-27(46)4-6-29(31)37(32)41-30(40(33)51-39)7-5-28(21-45)50-41/h3-4,6,8-10,14,16,18-19,25,28,35,39,42-48H,1-2,5,7,11-13,15,17,20-21H2/t25-,28+,35+,39+/m0/s1. The van der Waals surface area contributed by atoms with E-state index in [9.17, 15) is 30.6 Å². The van der Waals surface area contributed by atoms with Crippen LogP contribution in [-0.2, 0) is 32.1 Å². The number of H-pyrrole nitrogens is 1. The molecule has 0 fully saturated rings. The molecule has 10 nitrogen and oxygen atoms in total. The zero-order valence-corrected chi connectivity index (χ0v) is 28.3. The second-order valence-corrected chi connectivity index (χ2v) is 13.9. The maximum Gasteiger partial charge on any atom is 0.161 e. The van der Waals surface area contributed by atoms with Crippen LogP contribution in [0.4, 0.5) is 0 Å². The van der Waals surface area contributed by atoms with Gasteiger partial charge < -0.3 is 49.8 Å². The number of aromatic nitrogens is 1. The van der Waals surface area contributed by atoms with Crippen molar-refractivity contribution in [3.8, 4) is 39.9 Å². The molecule has 3 heterocycles. The molecule has 0 unspecified atom stereocenters. The fraction of sp³-hybridized carbons (Fsp3) is 0.366. The van der Waals surface area contributed by atoms with Gasteiger partial charge in [-0.15, -0.1) is 0 Å². The van der Waals surface area contributed by atoms with E-state index in [0.717, 1.165) is 50.7 Å². The molecular formula is C41H43NO9. The van der Waals surface area contributed by atoms with Gasteiger partial charge in [-0.25, -0.2) is 0 Å². The quantitative estimate of drug-likeness (QED) is 0.105. The molecule has 266 valence electrons. The summed E-state index contributed by atoms with van der Waals surface area (Å²) in [5.74, 6) is 1.67. The second-order valence-electron chi connectivity index (χ2n) is 13.9. The molecule has 0 saturated carbocycles. The van der Waals surface area contributed by atoms with Crippen LogP contribution in [0.25, 0.3) is 22.0 Å². The third-order valence-electron chi connectivity index (χ3n) is 10.7. The number of hydrogen-bond donors (Lipinski definition) is 7. The van der Waals surface area contributed by atoms with Gasteiger partial charge in [0.1, 0.15) is 36.1 Å². The van der Waals surface area contributed by atoms with Crippen LogP contribution in [0.15, 0.2) is 60.8 Å². The number of phenolic OH excluding ortho intramolecular Hbond substituents is 2. The maximum absolute atomic E-state index is 11.9. The van der Waals surface area contributed by atoms with Crippen LogP contribution in [0.5, 0.6) is 28.7 Å². The van der Waals surface area contributed by atoms with E-state index in [0.29, 0.717) is 61.2 Å². The van der Waals surface area contributed by atoms with Crippen molar-refractivity contribution >= 4 is 10.9 Å². The van der Waals surface area contributed by atoms with Crippen molar-refractivity contribution in [2.75, 3.05) is 26.4 Å². The molecule has 1 aromatic heterocycles. The summed E-state index contributed by atoms with van der Waals surface area (Å²) in [5.41, 5.74) is 9.19. The summed E-state index contributed by atoms with van der Waals surface area (Å²) in [7, 11) is 0. The Bertz CT molecular complexity index is 2060. The molecule has 0 spiro atoms. The van der Waals surface area contributed by atoms with Crippen molar-refractivity contribution in [3.63, 3.8) is 0 Å². The number of aromatic hydroxyl groups is 2. The number of aliphatic hydroxyl groups excluding tert-OH is 4. The summed E-state index contributed by atoms with van der Waals surface area (Å²) < 4.78 is 19.1. The number of benzene rings is 4. The molecule has 10 heteroatoms. The van der Waals surface area contributed by atoms with Crippen molar-refractivity contribution in [1.82, 2.24) is 4.98 Å². The normalized spacial score (nSPS) is 20.5. The predicted molar refractivity (Wildman–Crippen MR) is 191 cm³/mol. The Labute approximate surface area is 295 Å². The van der Waals surface area contributed by atoms with Gasteiger partial charge in [0.15, 0.2) is 11.5 Å². The van der Waals surface area contributed by atoms with Crippen molar-refractivity contribution in [3.05, 3.63) is 99.7 Å². The van der Waals surface area contributed by atoms with Crippen LogP contribution in [0.2, 0.25) is 0 Å². The first-order chi connectivity index (χ1) is 24.9. The van der Waals surface area contributed by atoms with Gasteiger partial charge in [-0.05, 0) is 126 Å². The molecule has 2 aliphatic heterocycles. The molecule has 51 heavy (non-hydrogen) atoms. The van der Waals surface area contributed by atoms with Gasteiger partial charge >= 0.3 is 0 Å². The molecule has 3 aliphatic rings. The third kappa shape index (κ3) is 6.06. The monoisotopic (exact) mass is 693 g/mol. The van der Waals surface area contributed by atoms with E-state index in [1.165, 1.54) is 5.56 Å². The second kappa shape index (κ2) is 13.8. The number of ether oxygens (including phenoxy) is 3. The highest BCUT2D eigenvalue weighted by molar-refractivity contribution is 5.85. The topological polar surface area (TPSA) is 165 Å². The van der Waals surface area contributed by atoms with E-state index in [2.05, 4.69) is 29.2 Å². The first-order valence-electron chi connectivity index (χ1n) is 17.8. The van der Waals surface area contributed by atoms with Crippen LogP contribution in [0, 0.1) is 0 Å². The number of nitrogens with one attached hydrogen (secondary N) is 1. The molecule has 7 N–H and O–H groups in total. The molecule has 0 radical (unpaired) electrons. The van der Waals surface area contributed by atoms with Crippen LogP contribution in [-0.4, -0.2) is 74.3 Å². The molecule has 4 aromatic carbocycles. The smallest absolute Gasteiger partial charge is 0.161 e. The van der Waals surface area contributed by atoms with Gasteiger partial charge in [-0.1, -0.05) is 12.1 Å². The zero-order valence-electron chi connectivity index (χ0n) is 28.3. The highest BCUT2D eigenvalue weighted by Crippen LogP contribution is 2.56. The Morgan fingerprint density at radius 1 is 0.863 bits per heavy atom. The Kier molecular flexibility index (Phi) is 9.02.